The fourth-order valence-electron chi connectivity index (χ4n) is 3.51. The van der Waals surface area contributed by atoms with Crippen LogP contribution in [0.3, 0.4) is 0 Å². The van der Waals surface area contributed by atoms with Crippen molar-refractivity contribution in [3.05, 3.63) is 80.9 Å². The summed E-state index contributed by atoms with van der Waals surface area (Å²) >= 11 is 0. The van der Waals surface area contributed by atoms with Gasteiger partial charge in [-0.25, -0.2) is 0 Å². The zero-order valence-corrected chi connectivity index (χ0v) is 16.1. The first-order valence-electron chi connectivity index (χ1n) is 9.25. The largest absolute Gasteiger partial charge is 0.506 e. The quantitative estimate of drug-likeness (QED) is 0.415. The Morgan fingerprint density at radius 3 is 2.41 bits per heavy atom. The highest BCUT2D eigenvalue weighted by molar-refractivity contribution is 5.96. The van der Waals surface area contributed by atoms with Gasteiger partial charge in [0, 0.05) is 30.4 Å². The third-order valence-electron chi connectivity index (χ3n) is 5.03. The van der Waals surface area contributed by atoms with Gasteiger partial charge in [-0.15, -0.1) is 0 Å². The minimum Gasteiger partial charge on any atom is -0.506 e. The van der Waals surface area contributed by atoms with Crippen molar-refractivity contribution in [2.75, 3.05) is 5.43 Å². The molecular weight excluding hydrogens is 368 g/mol. The number of aromatic hydroxyl groups is 1. The number of rotatable bonds is 4. The summed E-state index contributed by atoms with van der Waals surface area (Å²) in [5.74, 6) is -0.116. The van der Waals surface area contributed by atoms with E-state index >= 15 is 0 Å². The van der Waals surface area contributed by atoms with E-state index in [9.17, 15) is 14.7 Å². The summed E-state index contributed by atoms with van der Waals surface area (Å²) < 4.78 is 3.14. The van der Waals surface area contributed by atoms with Crippen molar-refractivity contribution in [2.24, 2.45) is 12.1 Å². The number of benzene rings is 2. The van der Waals surface area contributed by atoms with Crippen LogP contribution in [0.15, 0.2) is 69.3 Å². The van der Waals surface area contributed by atoms with Gasteiger partial charge < -0.3 is 14.2 Å². The van der Waals surface area contributed by atoms with Gasteiger partial charge in [-0.2, -0.15) is 5.10 Å². The van der Waals surface area contributed by atoms with Crippen molar-refractivity contribution < 1.29 is 5.11 Å². The number of fused-ring (bicyclic) bond motifs is 2. The topological polar surface area (TPSA) is 88.6 Å². The minimum absolute atomic E-state index is 0.0891. The summed E-state index contributed by atoms with van der Waals surface area (Å²) in [6.45, 7) is 2.34. The number of nitrogens with one attached hydrogen (secondary N) is 1. The second kappa shape index (κ2) is 7.27. The number of nitrogens with zero attached hydrogens (tertiary/aromatic N) is 3. The maximum atomic E-state index is 12.8. The Hall–Kier alpha value is -3.87. The Morgan fingerprint density at radius 1 is 1.03 bits per heavy atom. The average Bonchev–Trinajstić information content (AvgIpc) is 2.74. The molecule has 0 amide bonds. The first-order chi connectivity index (χ1) is 14.0. The first kappa shape index (κ1) is 18.5. The van der Waals surface area contributed by atoms with E-state index in [2.05, 4.69) is 10.5 Å². The maximum Gasteiger partial charge on any atom is 0.263 e. The van der Waals surface area contributed by atoms with E-state index in [0.717, 1.165) is 10.9 Å². The molecule has 146 valence electrons. The van der Waals surface area contributed by atoms with Crippen molar-refractivity contribution in [2.45, 2.75) is 13.5 Å². The van der Waals surface area contributed by atoms with Crippen molar-refractivity contribution in [3.8, 4) is 5.75 Å². The van der Waals surface area contributed by atoms with Crippen LogP contribution in [0.25, 0.3) is 21.8 Å². The summed E-state index contributed by atoms with van der Waals surface area (Å²) in [6, 6.07) is 16.1. The highest BCUT2D eigenvalue weighted by atomic mass is 16.3. The number of para-hydroxylation sites is 2. The molecular formula is C22H20N4O3. The molecule has 2 heterocycles. The Balaban J connectivity index is 1.80. The van der Waals surface area contributed by atoms with E-state index in [1.54, 1.807) is 34.4 Å². The molecule has 0 spiro atoms. The van der Waals surface area contributed by atoms with Crippen LogP contribution in [0.5, 0.6) is 5.75 Å². The Bertz CT molecular complexity index is 1380. The Kier molecular flexibility index (Phi) is 4.64. The van der Waals surface area contributed by atoms with Gasteiger partial charge in [0.25, 0.3) is 11.1 Å². The van der Waals surface area contributed by atoms with Crippen LogP contribution in [0, 0.1) is 0 Å². The summed E-state index contributed by atoms with van der Waals surface area (Å²) in [5.41, 5.74) is 4.38. The number of pyridine rings is 2. The molecule has 4 rings (SSSR count). The zero-order valence-electron chi connectivity index (χ0n) is 16.1. The molecule has 0 bridgehead atoms. The van der Waals surface area contributed by atoms with Gasteiger partial charge in [0.15, 0.2) is 0 Å². The van der Waals surface area contributed by atoms with Crippen molar-refractivity contribution >= 4 is 33.7 Å². The number of aromatic nitrogens is 2. The maximum absolute atomic E-state index is 12.8. The molecule has 0 saturated heterocycles. The highest BCUT2D eigenvalue weighted by Gasteiger charge is 2.14. The second-order valence-corrected chi connectivity index (χ2v) is 6.67. The van der Waals surface area contributed by atoms with Crippen LogP contribution in [-0.4, -0.2) is 20.5 Å². The first-order valence-corrected chi connectivity index (χ1v) is 9.25. The minimum atomic E-state index is -0.330. The SMILES string of the molecule is CCn1c(=O)c(/C=N/Nc2cc(=O)n(C)c3ccccc23)c(O)c2ccccc21. The molecule has 7 nitrogen and oxygen atoms in total. The van der Waals surface area contributed by atoms with Crippen molar-refractivity contribution in [3.63, 3.8) is 0 Å². The van der Waals surface area contributed by atoms with Gasteiger partial charge in [-0.1, -0.05) is 30.3 Å². The molecule has 0 radical (unpaired) electrons. The predicted octanol–water partition coefficient (Wildman–Crippen LogP) is 3.02. The molecule has 0 unspecified atom stereocenters. The van der Waals surface area contributed by atoms with Crippen LogP contribution in [0.4, 0.5) is 5.69 Å². The van der Waals surface area contributed by atoms with Crippen LogP contribution in [0.1, 0.15) is 12.5 Å². The average molecular weight is 388 g/mol. The Labute approximate surface area is 166 Å². The number of anilines is 1. The van der Waals surface area contributed by atoms with Crippen LogP contribution >= 0.6 is 0 Å². The lowest BCUT2D eigenvalue weighted by molar-refractivity contribution is 0.478. The lowest BCUT2D eigenvalue weighted by atomic mass is 10.1. The van der Waals surface area contributed by atoms with E-state index in [1.807, 2.05) is 37.3 Å². The van der Waals surface area contributed by atoms with Gasteiger partial charge >= 0.3 is 0 Å². The summed E-state index contributed by atoms with van der Waals surface area (Å²) in [4.78, 5) is 25.0. The molecule has 2 aromatic heterocycles. The van der Waals surface area contributed by atoms with Gasteiger partial charge in [0.1, 0.15) is 11.3 Å². The van der Waals surface area contributed by atoms with E-state index in [4.69, 9.17) is 0 Å². The van der Waals surface area contributed by atoms with Crippen LogP contribution < -0.4 is 16.5 Å². The van der Waals surface area contributed by atoms with Crippen molar-refractivity contribution in [1.82, 2.24) is 9.13 Å². The zero-order chi connectivity index (χ0) is 20.5. The molecule has 0 fully saturated rings. The summed E-state index contributed by atoms with van der Waals surface area (Å²) in [6.07, 6.45) is 1.29. The monoisotopic (exact) mass is 388 g/mol. The standard InChI is InChI=1S/C22H20N4O3/c1-3-26-19-11-7-5-9-15(19)21(28)16(22(26)29)13-23-24-17-12-20(27)25(2)18-10-6-4-8-14(17)18/h4-13,24,28H,3H2,1-2H3/b23-13+. The number of hydrogen-bond donors (Lipinski definition) is 2. The molecule has 0 aliphatic heterocycles. The van der Waals surface area contributed by atoms with Crippen LogP contribution in [0.2, 0.25) is 0 Å². The summed E-state index contributed by atoms with van der Waals surface area (Å²) in [7, 11) is 1.71. The molecule has 0 atom stereocenters. The predicted molar refractivity (Wildman–Crippen MR) is 116 cm³/mol. The van der Waals surface area contributed by atoms with Gasteiger partial charge in [0.2, 0.25) is 0 Å². The fraction of sp³-hybridized carbons (Fsp3) is 0.136. The van der Waals surface area contributed by atoms with E-state index in [0.29, 0.717) is 23.1 Å². The highest BCUT2D eigenvalue weighted by Crippen LogP contribution is 2.25. The van der Waals surface area contributed by atoms with Crippen molar-refractivity contribution in [1.29, 1.82) is 0 Å². The molecule has 0 aliphatic rings. The third-order valence-corrected chi connectivity index (χ3v) is 5.03. The normalized spacial score (nSPS) is 11.5. The molecule has 2 aromatic carbocycles. The summed E-state index contributed by atoms with van der Waals surface area (Å²) in [5, 5.41) is 16.2. The molecule has 2 N–H and O–H groups in total. The second-order valence-electron chi connectivity index (χ2n) is 6.67. The van der Waals surface area contributed by atoms with Gasteiger partial charge in [-0.05, 0) is 25.1 Å². The van der Waals surface area contributed by atoms with E-state index < -0.39 is 0 Å². The van der Waals surface area contributed by atoms with Gasteiger partial charge in [0.05, 0.1) is 22.9 Å². The number of hydrazone groups is 1. The Morgan fingerprint density at radius 2 is 1.69 bits per heavy atom. The van der Waals surface area contributed by atoms with Crippen LogP contribution in [-0.2, 0) is 13.6 Å². The third kappa shape index (κ3) is 3.06. The number of hydrogen-bond acceptors (Lipinski definition) is 5. The molecule has 7 heteroatoms. The van der Waals surface area contributed by atoms with E-state index in [1.165, 1.54) is 12.3 Å². The fourth-order valence-corrected chi connectivity index (χ4v) is 3.51. The van der Waals surface area contributed by atoms with E-state index in [-0.39, 0.29) is 22.4 Å². The van der Waals surface area contributed by atoms with Gasteiger partial charge in [-0.3, -0.25) is 15.0 Å². The lowest BCUT2D eigenvalue weighted by Crippen LogP contribution is -2.23. The lowest BCUT2D eigenvalue weighted by Gasteiger charge is -2.12. The smallest absolute Gasteiger partial charge is 0.263 e. The number of aryl methyl sites for hydroxylation is 2. The molecule has 4 aromatic rings. The molecule has 0 saturated carbocycles. The molecule has 29 heavy (non-hydrogen) atoms. The molecule has 0 aliphatic carbocycles.